The Labute approximate surface area is 208 Å². The van der Waals surface area contributed by atoms with Gasteiger partial charge in [0.2, 0.25) is 11.8 Å². The molecule has 0 bridgehead atoms. The Kier molecular flexibility index (Phi) is 11.2. The Morgan fingerprint density at radius 3 is 2.17 bits per heavy atom. The molecule has 0 aliphatic heterocycles. The highest BCUT2D eigenvalue weighted by molar-refractivity contribution is 5.93. The molecule has 2 unspecified atom stereocenters. The van der Waals surface area contributed by atoms with Crippen molar-refractivity contribution in [2.45, 2.75) is 79.5 Å². The number of carbonyl (C=O) groups is 4. The molecule has 0 aliphatic rings. The van der Waals surface area contributed by atoms with Crippen molar-refractivity contribution in [2.24, 2.45) is 5.92 Å². The molecule has 2 atom stereocenters. The van der Waals surface area contributed by atoms with Crippen LogP contribution in [0.1, 0.15) is 70.7 Å². The Morgan fingerprint density at radius 2 is 1.69 bits per heavy atom. The van der Waals surface area contributed by atoms with Crippen LogP contribution in [0.4, 0.5) is 4.79 Å². The molecule has 1 aromatic rings. The van der Waals surface area contributed by atoms with Gasteiger partial charge in [0.05, 0.1) is 7.11 Å². The van der Waals surface area contributed by atoms with Gasteiger partial charge in [0.25, 0.3) is 0 Å². The maximum absolute atomic E-state index is 13.8. The van der Waals surface area contributed by atoms with Crippen molar-refractivity contribution in [1.82, 2.24) is 15.5 Å². The monoisotopic (exact) mass is 491 g/mol. The largest absolute Gasteiger partial charge is 0.468 e. The number of methoxy groups -OCH3 is 1. The number of nitrogens with zero attached hydrogens (tertiary/aromatic N) is 1. The van der Waals surface area contributed by atoms with Crippen molar-refractivity contribution in [3.8, 4) is 0 Å². The van der Waals surface area contributed by atoms with E-state index in [0.717, 1.165) is 11.1 Å². The molecule has 3 amide bonds. The van der Waals surface area contributed by atoms with Crippen LogP contribution < -0.4 is 10.6 Å². The van der Waals surface area contributed by atoms with Gasteiger partial charge in [-0.15, -0.1) is 0 Å². The molecular weight excluding hydrogens is 450 g/mol. The first-order valence-corrected chi connectivity index (χ1v) is 11.9. The second-order valence-corrected chi connectivity index (χ2v) is 9.94. The number of aryl methyl sites for hydroxylation is 2. The molecule has 196 valence electrons. The van der Waals surface area contributed by atoms with Gasteiger partial charge in [-0.3, -0.25) is 14.4 Å². The zero-order valence-corrected chi connectivity index (χ0v) is 22.5. The standard InChI is InChI=1S/C26H41N3O6/c1-10-13-29(24(32)21(16(2)3)28-25(33)35-26(6,7)8)22(23(31)27-15-20(30)34-9)19-12-11-17(4)18(5)14-19/h11-12,14,16,21-22H,10,13,15H2,1-9H3,(H,27,31)(H,28,33). The van der Waals surface area contributed by atoms with E-state index in [1.807, 2.05) is 46.8 Å². The summed E-state index contributed by atoms with van der Waals surface area (Å²) >= 11 is 0. The lowest BCUT2D eigenvalue weighted by molar-refractivity contribution is -0.145. The molecule has 0 aliphatic carbocycles. The van der Waals surface area contributed by atoms with E-state index in [0.29, 0.717) is 12.0 Å². The number of benzene rings is 1. The van der Waals surface area contributed by atoms with E-state index in [2.05, 4.69) is 15.4 Å². The minimum Gasteiger partial charge on any atom is -0.468 e. The van der Waals surface area contributed by atoms with E-state index < -0.39 is 41.6 Å². The van der Waals surface area contributed by atoms with Crippen molar-refractivity contribution in [3.63, 3.8) is 0 Å². The van der Waals surface area contributed by atoms with Crippen LogP contribution in [0, 0.1) is 19.8 Å². The highest BCUT2D eigenvalue weighted by Crippen LogP contribution is 2.26. The minimum absolute atomic E-state index is 0.265. The normalized spacial score (nSPS) is 13.0. The summed E-state index contributed by atoms with van der Waals surface area (Å²) in [6.07, 6.45) is -0.131. The molecule has 1 rings (SSSR count). The fraction of sp³-hybridized carbons (Fsp3) is 0.615. The van der Waals surface area contributed by atoms with Crippen molar-refractivity contribution >= 4 is 23.9 Å². The second-order valence-electron chi connectivity index (χ2n) is 9.94. The van der Waals surface area contributed by atoms with E-state index in [-0.39, 0.29) is 19.0 Å². The lowest BCUT2D eigenvalue weighted by atomic mass is 9.96. The lowest BCUT2D eigenvalue weighted by Gasteiger charge is -2.35. The number of esters is 1. The van der Waals surface area contributed by atoms with Crippen molar-refractivity contribution in [3.05, 3.63) is 34.9 Å². The van der Waals surface area contributed by atoms with Gasteiger partial charge >= 0.3 is 12.1 Å². The van der Waals surface area contributed by atoms with Gasteiger partial charge in [0, 0.05) is 6.54 Å². The lowest BCUT2D eigenvalue weighted by Crippen LogP contribution is -2.55. The van der Waals surface area contributed by atoms with E-state index in [9.17, 15) is 19.2 Å². The third kappa shape index (κ3) is 9.22. The summed E-state index contributed by atoms with van der Waals surface area (Å²) in [4.78, 5) is 52.8. The van der Waals surface area contributed by atoms with Gasteiger partial charge in [-0.05, 0) is 63.6 Å². The highest BCUT2D eigenvalue weighted by Gasteiger charge is 2.37. The third-order valence-electron chi connectivity index (χ3n) is 5.39. The molecule has 0 heterocycles. The predicted octanol–water partition coefficient (Wildman–Crippen LogP) is 3.42. The van der Waals surface area contributed by atoms with Crippen molar-refractivity contribution in [1.29, 1.82) is 0 Å². The summed E-state index contributed by atoms with van der Waals surface area (Å²) in [7, 11) is 1.23. The zero-order chi connectivity index (χ0) is 26.9. The molecule has 0 radical (unpaired) electrons. The number of hydrogen-bond donors (Lipinski definition) is 2. The van der Waals surface area contributed by atoms with Crippen LogP contribution in [-0.4, -0.2) is 60.6 Å². The number of nitrogens with one attached hydrogen (secondary N) is 2. The highest BCUT2D eigenvalue weighted by atomic mass is 16.6. The molecule has 9 nitrogen and oxygen atoms in total. The van der Waals surface area contributed by atoms with E-state index in [1.54, 1.807) is 26.8 Å². The van der Waals surface area contributed by atoms with Gasteiger partial charge in [0.15, 0.2) is 0 Å². The van der Waals surface area contributed by atoms with E-state index >= 15 is 0 Å². The number of hydrogen-bond acceptors (Lipinski definition) is 6. The van der Waals surface area contributed by atoms with Gasteiger partial charge in [-0.25, -0.2) is 4.79 Å². The van der Waals surface area contributed by atoms with Crippen LogP contribution in [0.25, 0.3) is 0 Å². The van der Waals surface area contributed by atoms with Crippen molar-refractivity contribution in [2.75, 3.05) is 20.2 Å². The molecule has 0 aromatic heterocycles. The van der Waals surface area contributed by atoms with E-state index in [4.69, 9.17) is 4.74 Å². The van der Waals surface area contributed by atoms with Crippen LogP contribution >= 0.6 is 0 Å². The quantitative estimate of drug-likeness (QED) is 0.485. The summed E-state index contributed by atoms with van der Waals surface area (Å²) in [5, 5.41) is 5.26. The number of ether oxygens (including phenoxy) is 2. The minimum atomic E-state index is -1.01. The fourth-order valence-electron chi connectivity index (χ4n) is 3.47. The first kappa shape index (κ1) is 29.9. The molecule has 9 heteroatoms. The number of amides is 3. The van der Waals surface area contributed by atoms with Crippen LogP contribution in [0.3, 0.4) is 0 Å². The molecule has 0 spiro atoms. The molecule has 35 heavy (non-hydrogen) atoms. The van der Waals surface area contributed by atoms with Gasteiger partial charge in [0.1, 0.15) is 24.2 Å². The van der Waals surface area contributed by atoms with E-state index in [1.165, 1.54) is 12.0 Å². The number of alkyl carbamates (subject to hydrolysis) is 1. The first-order valence-electron chi connectivity index (χ1n) is 11.9. The molecule has 2 N–H and O–H groups in total. The first-order chi connectivity index (χ1) is 16.2. The summed E-state index contributed by atoms with van der Waals surface area (Å²) in [6, 6.07) is 3.62. The summed E-state index contributed by atoms with van der Waals surface area (Å²) < 4.78 is 9.99. The Balaban J connectivity index is 3.44. The second kappa shape index (κ2) is 13.1. The van der Waals surface area contributed by atoms with Gasteiger partial charge in [-0.1, -0.05) is 39.0 Å². The third-order valence-corrected chi connectivity index (χ3v) is 5.39. The Morgan fingerprint density at radius 1 is 1.06 bits per heavy atom. The van der Waals surface area contributed by atoms with Crippen LogP contribution in [-0.2, 0) is 23.9 Å². The molecule has 1 aromatic carbocycles. The average molecular weight is 492 g/mol. The molecule has 0 saturated heterocycles. The topological polar surface area (TPSA) is 114 Å². The summed E-state index contributed by atoms with van der Waals surface area (Å²) in [6.45, 7) is 14.6. The smallest absolute Gasteiger partial charge is 0.408 e. The summed E-state index contributed by atoms with van der Waals surface area (Å²) in [5.74, 6) is -1.80. The molecular formula is C26H41N3O6. The van der Waals surface area contributed by atoms with Crippen LogP contribution in [0.5, 0.6) is 0 Å². The maximum Gasteiger partial charge on any atom is 0.408 e. The van der Waals surface area contributed by atoms with Gasteiger partial charge < -0.3 is 25.0 Å². The zero-order valence-electron chi connectivity index (χ0n) is 22.5. The summed E-state index contributed by atoms with van der Waals surface area (Å²) in [5.41, 5.74) is 1.89. The average Bonchev–Trinajstić information content (AvgIpc) is 2.75. The fourth-order valence-corrected chi connectivity index (χ4v) is 3.47. The van der Waals surface area contributed by atoms with Crippen LogP contribution in [0.2, 0.25) is 0 Å². The Hall–Kier alpha value is -3.10. The van der Waals surface area contributed by atoms with Crippen molar-refractivity contribution < 1.29 is 28.7 Å². The molecule has 0 fully saturated rings. The van der Waals surface area contributed by atoms with Crippen LogP contribution in [0.15, 0.2) is 18.2 Å². The number of carbonyl (C=O) groups excluding carboxylic acids is 4. The number of rotatable bonds is 10. The SMILES string of the molecule is CCCN(C(=O)C(NC(=O)OC(C)(C)C)C(C)C)C(C(=O)NCC(=O)OC)c1ccc(C)c(C)c1. The maximum atomic E-state index is 13.8. The Bertz CT molecular complexity index is 907. The molecule has 0 saturated carbocycles. The van der Waals surface area contributed by atoms with Gasteiger partial charge in [-0.2, -0.15) is 0 Å². The predicted molar refractivity (Wildman–Crippen MR) is 134 cm³/mol.